The van der Waals surface area contributed by atoms with Crippen LogP contribution in [-0.4, -0.2) is 11.0 Å². The molecule has 0 spiro atoms. The SMILES string of the molecule is O=C(Oc1ccc(/C=C/c2ccccn2)cc1)c1ccccc1Cl. The van der Waals surface area contributed by atoms with Gasteiger partial charge < -0.3 is 4.74 Å². The number of benzene rings is 2. The molecule has 3 rings (SSSR count). The van der Waals surface area contributed by atoms with E-state index in [0.717, 1.165) is 11.3 Å². The Balaban J connectivity index is 1.68. The second-order valence-electron chi connectivity index (χ2n) is 5.03. The van der Waals surface area contributed by atoms with Crippen LogP contribution < -0.4 is 4.74 Å². The van der Waals surface area contributed by atoms with Gasteiger partial charge in [0.15, 0.2) is 0 Å². The Morgan fingerprint density at radius 3 is 2.38 bits per heavy atom. The average molecular weight is 336 g/mol. The first-order valence-electron chi connectivity index (χ1n) is 7.38. The van der Waals surface area contributed by atoms with E-state index in [2.05, 4.69) is 4.98 Å². The van der Waals surface area contributed by atoms with Crippen LogP contribution in [0.1, 0.15) is 21.6 Å². The van der Waals surface area contributed by atoms with Gasteiger partial charge in [0.25, 0.3) is 0 Å². The maximum atomic E-state index is 12.1. The number of nitrogens with zero attached hydrogens (tertiary/aromatic N) is 1. The fourth-order valence-electron chi connectivity index (χ4n) is 2.09. The molecule has 1 aromatic heterocycles. The molecule has 3 aromatic rings. The van der Waals surface area contributed by atoms with E-state index in [9.17, 15) is 4.79 Å². The lowest BCUT2D eigenvalue weighted by atomic mass is 10.2. The predicted octanol–water partition coefficient (Wildman–Crippen LogP) is 5.12. The van der Waals surface area contributed by atoms with Gasteiger partial charge in [-0.3, -0.25) is 4.98 Å². The second-order valence-corrected chi connectivity index (χ2v) is 5.43. The minimum absolute atomic E-state index is 0.346. The molecule has 0 saturated carbocycles. The van der Waals surface area contributed by atoms with Gasteiger partial charge in [-0.1, -0.05) is 48.0 Å². The predicted molar refractivity (Wildman–Crippen MR) is 96.0 cm³/mol. The van der Waals surface area contributed by atoms with Gasteiger partial charge in [-0.15, -0.1) is 0 Å². The van der Waals surface area contributed by atoms with E-state index in [1.165, 1.54) is 0 Å². The van der Waals surface area contributed by atoms with Gasteiger partial charge in [-0.2, -0.15) is 0 Å². The Bertz CT molecular complexity index is 858. The molecule has 0 amide bonds. The maximum Gasteiger partial charge on any atom is 0.345 e. The van der Waals surface area contributed by atoms with Crippen LogP contribution in [0.25, 0.3) is 12.2 Å². The molecule has 0 bridgehead atoms. The number of halogens is 1. The molecule has 0 unspecified atom stereocenters. The Morgan fingerprint density at radius 1 is 0.917 bits per heavy atom. The van der Waals surface area contributed by atoms with Crippen molar-refractivity contribution in [1.29, 1.82) is 0 Å². The normalized spacial score (nSPS) is 10.7. The van der Waals surface area contributed by atoms with Crippen molar-refractivity contribution < 1.29 is 9.53 Å². The molecule has 0 fully saturated rings. The molecule has 118 valence electrons. The average Bonchev–Trinajstić information content (AvgIpc) is 2.62. The van der Waals surface area contributed by atoms with Crippen LogP contribution in [0.3, 0.4) is 0 Å². The standard InChI is InChI=1S/C20H14ClNO2/c21-19-7-2-1-6-18(19)20(23)24-17-12-9-15(10-13-17)8-11-16-5-3-4-14-22-16/h1-14H/b11-8+. The summed E-state index contributed by atoms with van der Waals surface area (Å²) in [6.45, 7) is 0. The summed E-state index contributed by atoms with van der Waals surface area (Å²) in [7, 11) is 0. The molecular formula is C20H14ClNO2. The Morgan fingerprint density at radius 2 is 1.67 bits per heavy atom. The number of hydrogen-bond acceptors (Lipinski definition) is 3. The van der Waals surface area contributed by atoms with Gasteiger partial charge in [0.2, 0.25) is 0 Å². The molecule has 0 radical (unpaired) electrons. The largest absolute Gasteiger partial charge is 0.423 e. The third-order valence-corrected chi connectivity index (χ3v) is 3.65. The third-order valence-electron chi connectivity index (χ3n) is 3.32. The van der Waals surface area contributed by atoms with E-state index in [4.69, 9.17) is 16.3 Å². The molecule has 0 aliphatic carbocycles. The molecule has 0 aliphatic rings. The molecule has 0 saturated heterocycles. The summed E-state index contributed by atoms with van der Waals surface area (Å²) in [6.07, 6.45) is 5.61. The zero-order chi connectivity index (χ0) is 16.8. The van der Waals surface area contributed by atoms with Crippen LogP contribution in [0.2, 0.25) is 5.02 Å². The summed E-state index contributed by atoms with van der Waals surface area (Å²) in [6, 6.07) is 19.8. The quantitative estimate of drug-likeness (QED) is 0.490. The molecule has 24 heavy (non-hydrogen) atoms. The maximum absolute atomic E-state index is 12.1. The lowest BCUT2D eigenvalue weighted by Gasteiger charge is -2.06. The first-order chi connectivity index (χ1) is 11.7. The van der Waals surface area contributed by atoms with Gasteiger partial charge in [0, 0.05) is 6.20 Å². The lowest BCUT2D eigenvalue weighted by molar-refractivity contribution is 0.0735. The van der Waals surface area contributed by atoms with Crippen molar-refractivity contribution in [3.05, 3.63) is 94.8 Å². The molecule has 1 heterocycles. The summed E-state index contributed by atoms with van der Waals surface area (Å²) in [4.78, 5) is 16.3. The van der Waals surface area contributed by atoms with Gasteiger partial charge in [0.05, 0.1) is 16.3 Å². The van der Waals surface area contributed by atoms with Crippen LogP contribution >= 0.6 is 11.6 Å². The molecule has 0 aliphatic heterocycles. The minimum atomic E-state index is -0.475. The highest BCUT2D eigenvalue weighted by molar-refractivity contribution is 6.33. The zero-order valence-corrected chi connectivity index (χ0v) is 13.5. The minimum Gasteiger partial charge on any atom is -0.423 e. The summed E-state index contributed by atoms with van der Waals surface area (Å²) < 4.78 is 5.34. The first-order valence-corrected chi connectivity index (χ1v) is 7.76. The molecule has 0 atom stereocenters. The zero-order valence-electron chi connectivity index (χ0n) is 12.7. The third kappa shape index (κ3) is 4.09. The van der Waals surface area contributed by atoms with Crippen LogP contribution in [-0.2, 0) is 0 Å². The van der Waals surface area contributed by atoms with Crippen molar-refractivity contribution >= 4 is 29.7 Å². The number of rotatable bonds is 4. The second kappa shape index (κ2) is 7.57. The van der Waals surface area contributed by atoms with E-state index in [1.54, 1.807) is 42.6 Å². The van der Waals surface area contributed by atoms with E-state index in [0.29, 0.717) is 16.3 Å². The van der Waals surface area contributed by atoms with E-state index < -0.39 is 5.97 Å². The van der Waals surface area contributed by atoms with Crippen molar-refractivity contribution in [2.75, 3.05) is 0 Å². The van der Waals surface area contributed by atoms with Crippen molar-refractivity contribution in [3.63, 3.8) is 0 Å². The topological polar surface area (TPSA) is 39.2 Å². The van der Waals surface area contributed by atoms with E-state index in [-0.39, 0.29) is 0 Å². The van der Waals surface area contributed by atoms with Gasteiger partial charge in [0.1, 0.15) is 5.75 Å². The van der Waals surface area contributed by atoms with Gasteiger partial charge >= 0.3 is 5.97 Å². The first kappa shape index (κ1) is 16.0. The van der Waals surface area contributed by atoms with Crippen molar-refractivity contribution in [2.24, 2.45) is 0 Å². The number of carbonyl (C=O) groups is 1. The number of ether oxygens (including phenoxy) is 1. The summed E-state index contributed by atoms with van der Waals surface area (Å²) in [5.41, 5.74) is 2.21. The molecule has 2 aromatic carbocycles. The van der Waals surface area contributed by atoms with Gasteiger partial charge in [-0.25, -0.2) is 4.79 Å². The van der Waals surface area contributed by atoms with Gasteiger partial charge in [-0.05, 0) is 48.0 Å². The van der Waals surface area contributed by atoms with Crippen molar-refractivity contribution in [2.45, 2.75) is 0 Å². The lowest BCUT2D eigenvalue weighted by Crippen LogP contribution is -2.08. The molecular weight excluding hydrogens is 322 g/mol. The van der Waals surface area contributed by atoms with Crippen LogP contribution in [0.15, 0.2) is 72.9 Å². The van der Waals surface area contributed by atoms with Crippen molar-refractivity contribution in [1.82, 2.24) is 4.98 Å². The van der Waals surface area contributed by atoms with Crippen LogP contribution in [0.5, 0.6) is 5.75 Å². The van der Waals surface area contributed by atoms with E-state index in [1.807, 2.05) is 42.5 Å². The van der Waals surface area contributed by atoms with Crippen LogP contribution in [0, 0.1) is 0 Å². The van der Waals surface area contributed by atoms with Crippen LogP contribution in [0.4, 0.5) is 0 Å². The highest BCUT2D eigenvalue weighted by atomic mass is 35.5. The fourth-order valence-corrected chi connectivity index (χ4v) is 2.30. The Labute approximate surface area is 145 Å². The molecule has 0 N–H and O–H groups in total. The molecule has 4 heteroatoms. The summed E-state index contributed by atoms with van der Waals surface area (Å²) in [5, 5.41) is 0.373. The monoisotopic (exact) mass is 335 g/mol. The fraction of sp³-hybridized carbons (Fsp3) is 0. The smallest absolute Gasteiger partial charge is 0.345 e. The summed E-state index contributed by atoms with van der Waals surface area (Å²) >= 11 is 5.99. The Hall–Kier alpha value is -2.91. The number of carbonyl (C=O) groups excluding carboxylic acids is 1. The van der Waals surface area contributed by atoms with Crippen molar-refractivity contribution in [3.8, 4) is 5.75 Å². The molecule has 3 nitrogen and oxygen atoms in total. The summed E-state index contributed by atoms with van der Waals surface area (Å²) in [5.74, 6) is -0.00714. The highest BCUT2D eigenvalue weighted by Crippen LogP contribution is 2.19. The van der Waals surface area contributed by atoms with E-state index >= 15 is 0 Å². The Kier molecular flexibility index (Phi) is 5.04. The number of esters is 1. The highest BCUT2D eigenvalue weighted by Gasteiger charge is 2.11. The number of aromatic nitrogens is 1. The number of hydrogen-bond donors (Lipinski definition) is 0. The number of pyridine rings is 1.